The molecule has 0 aliphatic heterocycles. The summed E-state index contributed by atoms with van der Waals surface area (Å²) in [6, 6.07) is 6.37. The van der Waals surface area contributed by atoms with Crippen LogP contribution in [0.1, 0.15) is 0 Å². The molecule has 1 aromatic heterocycles. The number of nitrogens with zero attached hydrogens (tertiary/aromatic N) is 2. The largest absolute Gasteiger partial charge is 0.484 e. The molecule has 0 atom stereocenters. The summed E-state index contributed by atoms with van der Waals surface area (Å²) in [5.74, 6) is -1.15. The first-order chi connectivity index (χ1) is 14.3. The molecule has 0 fully saturated rings. The predicted octanol–water partition coefficient (Wildman–Crippen LogP) is 3.91. The molecule has 31 heavy (non-hydrogen) atoms. The molecular formula is C16H11F6N3O5S. The molecule has 0 amide bonds. The lowest BCUT2D eigenvalue weighted by Crippen LogP contribution is -2.20. The molecule has 2 aromatic carbocycles. The Balaban J connectivity index is 1.93. The Morgan fingerprint density at radius 3 is 2.03 bits per heavy atom. The first kappa shape index (κ1) is 22.5. The van der Waals surface area contributed by atoms with E-state index in [1.807, 2.05) is 4.72 Å². The van der Waals surface area contributed by atoms with Crippen molar-refractivity contribution in [3.05, 3.63) is 36.4 Å². The van der Waals surface area contributed by atoms with Crippen molar-refractivity contribution >= 4 is 26.7 Å². The van der Waals surface area contributed by atoms with Gasteiger partial charge < -0.3 is 9.47 Å². The van der Waals surface area contributed by atoms with Gasteiger partial charge >= 0.3 is 12.4 Å². The van der Waals surface area contributed by atoms with Crippen molar-refractivity contribution in [3.8, 4) is 11.5 Å². The van der Waals surface area contributed by atoms with Crippen molar-refractivity contribution in [1.29, 1.82) is 0 Å². The summed E-state index contributed by atoms with van der Waals surface area (Å²) in [6.07, 6.45) is -9.48. The van der Waals surface area contributed by atoms with Gasteiger partial charge in [-0.15, -0.1) is 0 Å². The van der Waals surface area contributed by atoms with E-state index in [0.29, 0.717) is 0 Å². The molecule has 3 aromatic rings. The fourth-order valence-electron chi connectivity index (χ4n) is 2.34. The number of hydrogen-bond donors (Lipinski definition) is 1. The maximum absolute atomic E-state index is 12.7. The highest BCUT2D eigenvalue weighted by atomic mass is 32.2. The molecule has 0 saturated carbocycles. The minimum absolute atomic E-state index is 0.110. The third kappa shape index (κ3) is 6.13. The van der Waals surface area contributed by atoms with E-state index in [1.54, 1.807) is 0 Å². The molecule has 0 spiro atoms. The zero-order chi connectivity index (χ0) is 22.9. The lowest BCUT2D eigenvalue weighted by Gasteiger charge is -2.15. The Kier molecular flexibility index (Phi) is 5.89. The SMILES string of the molecule is O=S(=O)(Nc1cc(OCC(F)(F)F)cc(OCC(F)(F)F)c1)c1cccc2nonc12. The standard InChI is InChI=1S/C16H11F6N3O5S/c17-15(18,19)7-28-10-4-9(5-11(6-10)29-8-16(20,21)22)25-31(26,27)13-3-1-2-12-14(13)24-30-23-12/h1-6,25H,7-8H2. The predicted molar refractivity (Wildman–Crippen MR) is 92.2 cm³/mol. The number of hydrogen-bond acceptors (Lipinski definition) is 7. The maximum atomic E-state index is 12.7. The normalized spacial score (nSPS) is 12.7. The molecule has 0 saturated heterocycles. The second-order valence-electron chi connectivity index (χ2n) is 5.99. The highest BCUT2D eigenvalue weighted by Gasteiger charge is 2.30. The van der Waals surface area contributed by atoms with Crippen LogP contribution in [0.15, 0.2) is 45.9 Å². The van der Waals surface area contributed by atoms with Crippen LogP contribution in [-0.4, -0.2) is 44.3 Å². The number of halogens is 6. The van der Waals surface area contributed by atoms with Gasteiger partial charge in [-0.05, 0) is 22.4 Å². The fraction of sp³-hybridized carbons (Fsp3) is 0.250. The first-order valence-corrected chi connectivity index (χ1v) is 9.59. The topological polar surface area (TPSA) is 104 Å². The Bertz CT molecular complexity index is 1140. The lowest BCUT2D eigenvalue weighted by atomic mass is 10.3. The average molecular weight is 471 g/mol. The second kappa shape index (κ2) is 8.13. The van der Waals surface area contributed by atoms with Crippen molar-refractivity contribution in [2.45, 2.75) is 17.2 Å². The van der Waals surface area contributed by atoms with Crippen molar-refractivity contribution in [3.63, 3.8) is 0 Å². The van der Waals surface area contributed by atoms with Gasteiger partial charge in [0, 0.05) is 18.2 Å². The Morgan fingerprint density at radius 2 is 1.48 bits per heavy atom. The average Bonchev–Trinajstić information content (AvgIpc) is 3.12. The lowest BCUT2D eigenvalue weighted by molar-refractivity contribution is -0.153. The molecule has 168 valence electrons. The zero-order valence-corrected chi connectivity index (χ0v) is 15.8. The Labute approximate surface area is 169 Å². The number of fused-ring (bicyclic) bond motifs is 1. The summed E-state index contributed by atoms with van der Waals surface area (Å²) in [5.41, 5.74) is -0.433. The quantitative estimate of drug-likeness (QED) is 0.521. The second-order valence-corrected chi connectivity index (χ2v) is 7.65. The van der Waals surface area contributed by atoms with Crippen LogP contribution in [-0.2, 0) is 10.0 Å². The van der Waals surface area contributed by atoms with Gasteiger partial charge in [0.15, 0.2) is 18.7 Å². The number of alkyl halides is 6. The molecule has 1 heterocycles. The van der Waals surface area contributed by atoms with Gasteiger partial charge in [0.2, 0.25) is 0 Å². The van der Waals surface area contributed by atoms with Crippen LogP contribution in [0.5, 0.6) is 11.5 Å². The third-order valence-corrected chi connectivity index (χ3v) is 4.89. The van der Waals surface area contributed by atoms with E-state index in [1.165, 1.54) is 12.1 Å². The van der Waals surface area contributed by atoms with Gasteiger partial charge in [-0.2, -0.15) is 26.3 Å². The minimum atomic E-state index is -4.74. The van der Waals surface area contributed by atoms with E-state index in [2.05, 4.69) is 24.4 Å². The van der Waals surface area contributed by atoms with E-state index in [4.69, 9.17) is 0 Å². The van der Waals surface area contributed by atoms with Gasteiger partial charge in [-0.3, -0.25) is 4.72 Å². The monoisotopic (exact) mass is 471 g/mol. The van der Waals surface area contributed by atoms with E-state index in [0.717, 1.165) is 24.3 Å². The molecule has 0 aliphatic rings. The summed E-state index contributed by atoms with van der Waals surface area (Å²) in [5, 5.41) is 6.96. The van der Waals surface area contributed by atoms with E-state index in [9.17, 15) is 34.8 Å². The number of sulfonamides is 1. The van der Waals surface area contributed by atoms with Crippen LogP contribution in [0.3, 0.4) is 0 Å². The third-order valence-electron chi connectivity index (χ3n) is 3.48. The van der Waals surface area contributed by atoms with E-state index < -0.39 is 52.8 Å². The zero-order valence-electron chi connectivity index (χ0n) is 15.0. The van der Waals surface area contributed by atoms with Crippen molar-refractivity contribution < 1.29 is 48.9 Å². The molecule has 0 bridgehead atoms. The Morgan fingerprint density at radius 1 is 0.903 bits per heavy atom. The van der Waals surface area contributed by atoms with Gasteiger partial charge in [0.05, 0.1) is 5.69 Å². The van der Waals surface area contributed by atoms with Crippen LogP contribution in [0, 0.1) is 0 Å². The van der Waals surface area contributed by atoms with Crippen LogP contribution >= 0.6 is 0 Å². The van der Waals surface area contributed by atoms with Crippen LogP contribution in [0.25, 0.3) is 11.0 Å². The number of nitrogens with one attached hydrogen (secondary N) is 1. The number of benzene rings is 2. The fourth-order valence-corrected chi connectivity index (χ4v) is 3.53. The summed E-state index contributed by atoms with van der Waals surface area (Å²) in [6.45, 7) is -3.52. The number of rotatable bonds is 7. The molecule has 0 unspecified atom stereocenters. The molecular weight excluding hydrogens is 460 g/mol. The summed E-state index contributed by atoms with van der Waals surface area (Å²) >= 11 is 0. The molecule has 15 heteroatoms. The first-order valence-electron chi connectivity index (χ1n) is 8.11. The molecule has 0 aliphatic carbocycles. The van der Waals surface area contributed by atoms with Gasteiger partial charge in [0.1, 0.15) is 21.9 Å². The Hall–Kier alpha value is -3.23. The minimum Gasteiger partial charge on any atom is -0.484 e. The van der Waals surface area contributed by atoms with E-state index in [-0.39, 0.29) is 15.9 Å². The molecule has 8 nitrogen and oxygen atoms in total. The summed E-state index contributed by atoms with van der Waals surface area (Å²) in [7, 11) is -4.40. The maximum Gasteiger partial charge on any atom is 0.422 e. The van der Waals surface area contributed by atoms with Gasteiger partial charge in [-0.1, -0.05) is 6.07 Å². The smallest absolute Gasteiger partial charge is 0.422 e. The summed E-state index contributed by atoms with van der Waals surface area (Å²) < 4.78 is 115. The van der Waals surface area contributed by atoms with Crippen LogP contribution in [0.2, 0.25) is 0 Å². The van der Waals surface area contributed by atoms with Crippen molar-refractivity contribution in [1.82, 2.24) is 10.3 Å². The highest BCUT2D eigenvalue weighted by molar-refractivity contribution is 7.93. The number of ether oxygens (including phenoxy) is 2. The van der Waals surface area contributed by atoms with Gasteiger partial charge in [-0.25, -0.2) is 13.0 Å². The van der Waals surface area contributed by atoms with Crippen LogP contribution in [0.4, 0.5) is 32.0 Å². The highest BCUT2D eigenvalue weighted by Crippen LogP contribution is 2.31. The van der Waals surface area contributed by atoms with Gasteiger partial charge in [0.25, 0.3) is 10.0 Å². The van der Waals surface area contributed by atoms with Crippen LogP contribution < -0.4 is 14.2 Å². The number of aromatic nitrogens is 2. The molecule has 1 N–H and O–H groups in total. The van der Waals surface area contributed by atoms with E-state index >= 15 is 0 Å². The van der Waals surface area contributed by atoms with Crippen molar-refractivity contribution in [2.75, 3.05) is 17.9 Å². The molecule has 3 rings (SSSR count). The number of anilines is 1. The van der Waals surface area contributed by atoms with Crippen molar-refractivity contribution in [2.24, 2.45) is 0 Å². The molecule has 0 radical (unpaired) electrons. The summed E-state index contributed by atoms with van der Waals surface area (Å²) in [4.78, 5) is -0.384.